The van der Waals surface area contributed by atoms with Gasteiger partial charge in [-0.15, -0.1) is 0 Å². The molecule has 3 rings (SSSR count). The second-order valence-electron chi connectivity index (χ2n) is 8.56. The Hall–Kier alpha value is -2.32. The van der Waals surface area contributed by atoms with E-state index >= 15 is 0 Å². The average molecular weight is 448 g/mol. The molecule has 1 N–H and O–H groups in total. The molecule has 0 spiro atoms. The Kier molecular flexibility index (Phi) is 9.17. The summed E-state index contributed by atoms with van der Waals surface area (Å²) < 4.78 is 15.7. The molecule has 8 heteroatoms. The third kappa shape index (κ3) is 6.13. The van der Waals surface area contributed by atoms with Gasteiger partial charge in [-0.2, -0.15) is 0 Å². The van der Waals surface area contributed by atoms with Crippen LogP contribution >= 0.6 is 0 Å². The predicted octanol–water partition coefficient (Wildman–Crippen LogP) is 2.17. The van der Waals surface area contributed by atoms with Crippen molar-refractivity contribution >= 4 is 11.8 Å². The summed E-state index contributed by atoms with van der Waals surface area (Å²) in [6.07, 6.45) is 5.38. The van der Waals surface area contributed by atoms with E-state index in [1.54, 1.807) is 39.5 Å². The third-order valence-electron chi connectivity index (χ3n) is 6.53. The summed E-state index contributed by atoms with van der Waals surface area (Å²) in [4.78, 5) is 30.3. The van der Waals surface area contributed by atoms with E-state index in [4.69, 9.17) is 14.2 Å². The van der Waals surface area contributed by atoms with Crippen LogP contribution in [0.4, 0.5) is 0 Å². The fourth-order valence-corrected chi connectivity index (χ4v) is 4.80. The zero-order chi connectivity index (χ0) is 22.9. The number of methoxy groups -OCH3 is 3. The number of nitrogens with one attached hydrogen (secondary N) is 1. The number of piperazine rings is 1. The van der Waals surface area contributed by atoms with Gasteiger partial charge in [-0.1, -0.05) is 12.8 Å². The molecule has 2 aliphatic rings. The Morgan fingerprint density at radius 3 is 2.19 bits per heavy atom. The van der Waals surface area contributed by atoms with Crippen LogP contribution in [-0.2, 0) is 9.53 Å². The Bertz CT molecular complexity index is 736. The fraction of sp³-hybridized carbons (Fsp3) is 0.667. The first-order chi connectivity index (χ1) is 15.6. The van der Waals surface area contributed by atoms with Gasteiger partial charge in [0.2, 0.25) is 5.91 Å². The molecule has 1 heterocycles. The number of amides is 2. The summed E-state index contributed by atoms with van der Waals surface area (Å²) in [6, 6.07) is 5.12. The molecule has 0 bridgehead atoms. The Balaban J connectivity index is 1.62. The van der Waals surface area contributed by atoms with Crippen LogP contribution in [-0.4, -0.2) is 88.3 Å². The average Bonchev–Trinajstić information content (AvgIpc) is 3.36. The van der Waals surface area contributed by atoms with E-state index in [2.05, 4.69) is 10.2 Å². The first-order valence-electron chi connectivity index (χ1n) is 11.6. The van der Waals surface area contributed by atoms with Crippen LogP contribution in [0.3, 0.4) is 0 Å². The van der Waals surface area contributed by atoms with Crippen LogP contribution < -0.4 is 14.8 Å². The predicted molar refractivity (Wildman–Crippen MR) is 122 cm³/mol. The van der Waals surface area contributed by atoms with Gasteiger partial charge in [-0.05, 0) is 37.3 Å². The highest BCUT2D eigenvalue weighted by molar-refractivity contribution is 5.95. The van der Waals surface area contributed by atoms with E-state index in [1.807, 2.05) is 4.90 Å². The number of benzene rings is 1. The van der Waals surface area contributed by atoms with E-state index in [0.29, 0.717) is 62.3 Å². The summed E-state index contributed by atoms with van der Waals surface area (Å²) in [5.41, 5.74) is 0.554. The molecule has 32 heavy (non-hydrogen) atoms. The highest BCUT2D eigenvalue weighted by Crippen LogP contribution is 2.31. The normalized spacial score (nSPS) is 18.4. The van der Waals surface area contributed by atoms with Crippen molar-refractivity contribution in [2.24, 2.45) is 5.92 Å². The van der Waals surface area contributed by atoms with Gasteiger partial charge in [-0.25, -0.2) is 0 Å². The highest BCUT2D eigenvalue weighted by atomic mass is 16.5. The van der Waals surface area contributed by atoms with Crippen molar-refractivity contribution in [3.05, 3.63) is 23.8 Å². The first kappa shape index (κ1) is 24.3. The van der Waals surface area contributed by atoms with Crippen molar-refractivity contribution in [1.82, 2.24) is 15.1 Å². The highest BCUT2D eigenvalue weighted by Gasteiger charge is 2.37. The van der Waals surface area contributed by atoms with Gasteiger partial charge in [0.1, 0.15) is 11.5 Å². The van der Waals surface area contributed by atoms with Crippen LogP contribution in [0.2, 0.25) is 0 Å². The number of rotatable bonds is 10. The maximum atomic E-state index is 13.1. The standard InChI is InChI=1S/C24H37N3O5/c1-30-14-6-9-25-23(28)22(18-7-4-5-8-18)26-10-12-27(13-11-26)24(29)19-15-20(31-2)17-21(16-19)32-3/h15-18,22H,4-14H2,1-3H3,(H,25,28). The van der Waals surface area contributed by atoms with Crippen LogP contribution in [0, 0.1) is 5.92 Å². The molecule has 0 aromatic heterocycles. The van der Waals surface area contributed by atoms with Crippen LogP contribution in [0.25, 0.3) is 0 Å². The lowest BCUT2D eigenvalue weighted by Crippen LogP contribution is -2.58. The topological polar surface area (TPSA) is 80.3 Å². The van der Waals surface area contributed by atoms with Crippen molar-refractivity contribution in [2.75, 3.05) is 60.7 Å². The molecule has 1 aromatic rings. The van der Waals surface area contributed by atoms with Crippen molar-refractivity contribution in [1.29, 1.82) is 0 Å². The molecule has 178 valence electrons. The fourth-order valence-electron chi connectivity index (χ4n) is 4.80. The van der Waals surface area contributed by atoms with Gasteiger partial charge in [0, 0.05) is 58.1 Å². The van der Waals surface area contributed by atoms with Crippen LogP contribution in [0.1, 0.15) is 42.5 Å². The van der Waals surface area contributed by atoms with Gasteiger partial charge in [0.15, 0.2) is 0 Å². The van der Waals surface area contributed by atoms with E-state index < -0.39 is 0 Å². The first-order valence-corrected chi connectivity index (χ1v) is 11.6. The van der Waals surface area contributed by atoms with Crippen molar-refractivity contribution < 1.29 is 23.8 Å². The van der Waals surface area contributed by atoms with E-state index in [0.717, 1.165) is 19.3 Å². The molecular formula is C24H37N3O5. The quantitative estimate of drug-likeness (QED) is 0.554. The lowest BCUT2D eigenvalue weighted by Gasteiger charge is -2.40. The summed E-state index contributed by atoms with van der Waals surface area (Å²) in [5.74, 6) is 1.66. The molecule has 1 aliphatic heterocycles. The number of ether oxygens (including phenoxy) is 3. The van der Waals surface area contributed by atoms with E-state index in [1.165, 1.54) is 12.8 Å². The minimum absolute atomic E-state index is 0.0386. The van der Waals surface area contributed by atoms with Gasteiger partial charge in [-0.3, -0.25) is 14.5 Å². The second-order valence-corrected chi connectivity index (χ2v) is 8.56. The number of nitrogens with zero attached hydrogens (tertiary/aromatic N) is 2. The van der Waals surface area contributed by atoms with E-state index in [9.17, 15) is 9.59 Å². The van der Waals surface area contributed by atoms with Gasteiger partial charge in [0.05, 0.1) is 20.3 Å². The molecule has 2 amide bonds. The minimum atomic E-state index is -0.116. The molecular weight excluding hydrogens is 410 g/mol. The SMILES string of the molecule is COCCCNC(=O)C(C1CCCC1)N1CCN(C(=O)c2cc(OC)cc(OC)c2)CC1. The lowest BCUT2D eigenvalue weighted by molar-refractivity contribution is -0.129. The maximum absolute atomic E-state index is 13.1. The van der Waals surface area contributed by atoms with E-state index in [-0.39, 0.29) is 17.9 Å². The summed E-state index contributed by atoms with van der Waals surface area (Å²) in [7, 11) is 4.82. The van der Waals surface area contributed by atoms with Crippen molar-refractivity contribution in [3.8, 4) is 11.5 Å². The molecule has 1 saturated carbocycles. The maximum Gasteiger partial charge on any atom is 0.254 e. The van der Waals surface area contributed by atoms with Gasteiger partial charge < -0.3 is 24.4 Å². The zero-order valence-corrected chi connectivity index (χ0v) is 19.6. The number of carbonyl (C=O) groups excluding carboxylic acids is 2. The number of carbonyl (C=O) groups is 2. The van der Waals surface area contributed by atoms with Gasteiger partial charge in [0.25, 0.3) is 5.91 Å². The molecule has 1 unspecified atom stereocenters. The van der Waals surface area contributed by atoms with Gasteiger partial charge >= 0.3 is 0 Å². The smallest absolute Gasteiger partial charge is 0.254 e. The minimum Gasteiger partial charge on any atom is -0.497 e. The van der Waals surface area contributed by atoms with Crippen LogP contribution in [0.15, 0.2) is 18.2 Å². The Morgan fingerprint density at radius 2 is 1.62 bits per heavy atom. The summed E-state index contributed by atoms with van der Waals surface area (Å²) >= 11 is 0. The summed E-state index contributed by atoms with van der Waals surface area (Å²) in [5, 5.41) is 3.11. The van der Waals surface area contributed by atoms with Crippen molar-refractivity contribution in [2.45, 2.75) is 38.1 Å². The van der Waals surface area contributed by atoms with Crippen LogP contribution in [0.5, 0.6) is 11.5 Å². The molecule has 1 atom stereocenters. The third-order valence-corrected chi connectivity index (χ3v) is 6.53. The second kappa shape index (κ2) is 12.1. The summed E-state index contributed by atoms with van der Waals surface area (Å²) in [6.45, 7) is 3.85. The molecule has 0 radical (unpaired) electrons. The number of hydrogen-bond acceptors (Lipinski definition) is 6. The molecule has 1 saturated heterocycles. The largest absolute Gasteiger partial charge is 0.497 e. The molecule has 1 aliphatic carbocycles. The Morgan fingerprint density at radius 1 is 1.00 bits per heavy atom. The molecule has 2 fully saturated rings. The monoisotopic (exact) mass is 447 g/mol. The molecule has 1 aromatic carbocycles. The van der Waals surface area contributed by atoms with Crippen molar-refractivity contribution in [3.63, 3.8) is 0 Å². The Labute approximate surface area is 191 Å². The number of hydrogen-bond donors (Lipinski definition) is 1. The zero-order valence-electron chi connectivity index (χ0n) is 19.6. The molecule has 8 nitrogen and oxygen atoms in total. The lowest BCUT2D eigenvalue weighted by atomic mass is 9.95.